The van der Waals surface area contributed by atoms with Crippen LogP contribution in [0, 0.1) is 5.92 Å². The van der Waals surface area contributed by atoms with Crippen LogP contribution in [0.4, 0.5) is 21.9 Å². The molecule has 2 aromatic rings. The third-order valence-electron chi connectivity index (χ3n) is 5.39. The van der Waals surface area contributed by atoms with Crippen LogP contribution in [0.25, 0.3) is 0 Å². The van der Waals surface area contributed by atoms with Gasteiger partial charge >= 0.3 is 6.03 Å². The maximum absolute atomic E-state index is 12.9. The van der Waals surface area contributed by atoms with Gasteiger partial charge in [0, 0.05) is 43.8 Å². The van der Waals surface area contributed by atoms with E-state index >= 15 is 0 Å². The van der Waals surface area contributed by atoms with E-state index in [1.165, 1.54) is 0 Å². The van der Waals surface area contributed by atoms with Gasteiger partial charge in [0.1, 0.15) is 0 Å². The summed E-state index contributed by atoms with van der Waals surface area (Å²) in [6.07, 6.45) is 2.16. The number of urea groups is 1. The summed E-state index contributed by atoms with van der Waals surface area (Å²) in [6.45, 7) is 4.86. The van der Waals surface area contributed by atoms with Gasteiger partial charge in [-0.3, -0.25) is 4.79 Å². The molecule has 0 bridgehead atoms. The van der Waals surface area contributed by atoms with E-state index in [4.69, 9.17) is 27.9 Å². The largest absolute Gasteiger partial charge is 0.383 e. The molecule has 0 spiro atoms. The van der Waals surface area contributed by atoms with Crippen LogP contribution < -0.4 is 20.9 Å². The molecule has 0 saturated carbocycles. The fourth-order valence-electron chi connectivity index (χ4n) is 3.55. The number of amides is 3. The van der Waals surface area contributed by atoms with Gasteiger partial charge in [-0.25, -0.2) is 4.79 Å². The predicted octanol–water partition coefficient (Wildman–Crippen LogP) is 5.25. The van der Waals surface area contributed by atoms with Crippen LogP contribution in [0.15, 0.2) is 36.4 Å². The van der Waals surface area contributed by atoms with Crippen molar-refractivity contribution in [2.75, 3.05) is 48.9 Å². The number of anilines is 3. The van der Waals surface area contributed by atoms with Crippen molar-refractivity contribution in [2.24, 2.45) is 5.92 Å². The molecule has 1 fully saturated rings. The maximum atomic E-state index is 12.9. The molecule has 1 heterocycles. The van der Waals surface area contributed by atoms with Gasteiger partial charge in [-0.15, -0.1) is 0 Å². The number of hydrogen-bond acceptors (Lipinski definition) is 4. The van der Waals surface area contributed by atoms with Crippen LogP contribution in [0.1, 0.15) is 30.1 Å². The van der Waals surface area contributed by atoms with Crippen LogP contribution in [-0.4, -0.2) is 45.3 Å². The lowest BCUT2D eigenvalue weighted by Crippen LogP contribution is -2.35. The molecule has 32 heavy (non-hydrogen) atoms. The number of carbonyl (C=O) groups is 2. The van der Waals surface area contributed by atoms with E-state index in [9.17, 15) is 9.59 Å². The van der Waals surface area contributed by atoms with Crippen molar-refractivity contribution in [3.8, 4) is 0 Å². The molecule has 7 nitrogen and oxygen atoms in total. The van der Waals surface area contributed by atoms with Crippen molar-refractivity contribution in [1.82, 2.24) is 5.32 Å². The van der Waals surface area contributed by atoms with Gasteiger partial charge in [0.25, 0.3) is 5.91 Å². The van der Waals surface area contributed by atoms with Gasteiger partial charge in [-0.2, -0.15) is 0 Å². The molecule has 1 saturated heterocycles. The molecule has 0 unspecified atom stereocenters. The van der Waals surface area contributed by atoms with Crippen molar-refractivity contribution in [2.45, 2.75) is 19.8 Å². The van der Waals surface area contributed by atoms with Gasteiger partial charge in [0.15, 0.2) is 0 Å². The molecule has 1 aliphatic heterocycles. The van der Waals surface area contributed by atoms with Gasteiger partial charge in [0.05, 0.1) is 22.2 Å². The van der Waals surface area contributed by atoms with Crippen molar-refractivity contribution >= 4 is 52.2 Å². The topological polar surface area (TPSA) is 82.7 Å². The fourth-order valence-corrected chi connectivity index (χ4v) is 3.85. The second kappa shape index (κ2) is 11.4. The van der Waals surface area contributed by atoms with Gasteiger partial charge in [0.2, 0.25) is 0 Å². The fraction of sp³-hybridized carbons (Fsp3) is 0.391. The van der Waals surface area contributed by atoms with Crippen molar-refractivity contribution < 1.29 is 14.3 Å². The molecule has 0 aliphatic carbocycles. The first-order chi connectivity index (χ1) is 15.4. The number of methoxy groups -OCH3 is 1. The summed E-state index contributed by atoms with van der Waals surface area (Å²) < 4.78 is 5.03. The molecule has 2 aromatic carbocycles. The number of hydrogen-bond donors (Lipinski definition) is 3. The SMILES string of the molecule is COCCNC(=O)c1cc(NC(=O)Nc2ccc(Cl)c(Cl)c2)ccc1N1CCC(C)CC1. The Hall–Kier alpha value is -2.48. The molecule has 9 heteroatoms. The highest BCUT2D eigenvalue weighted by Crippen LogP contribution is 2.29. The van der Waals surface area contributed by atoms with Gasteiger partial charge in [-0.1, -0.05) is 30.1 Å². The molecule has 1 aliphatic rings. The Morgan fingerprint density at radius 2 is 1.69 bits per heavy atom. The van der Waals surface area contributed by atoms with Crippen molar-refractivity contribution in [3.05, 3.63) is 52.0 Å². The van der Waals surface area contributed by atoms with Crippen molar-refractivity contribution in [3.63, 3.8) is 0 Å². The zero-order valence-corrected chi connectivity index (χ0v) is 19.7. The zero-order valence-electron chi connectivity index (χ0n) is 18.2. The molecule has 3 N–H and O–H groups in total. The normalized spacial score (nSPS) is 14.2. The summed E-state index contributed by atoms with van der Waals surface area (Å²) in [5, 5.41) is 9.11. The van der Waals surface area contributed by atoms with Crippen LogP contribution in [0.5, 0.6) is 0 Å². The van der Waals surface area contributed by atoms with E-state index in [-0.39, 0.29) is 5.91 Å². The lowest BCUT2D eigenvalue weighted by Gasteiger charge is -2.33. The molecule has 172 valence electrons. The molecule has 0 atom stereocenters. The average molecular weight is 479 g/mol. The Morgan fingerprint density at radius 1 is 1.03 bits per heavy atom. The predicted molar refractivity (Wildman–Crippen MR) is 130 cm³/mol. The number of nitrogens with zero attached hydrogens (tertiary/aromatic N) is 1. The molecular weight excluding hydrogens is 451 g/mol. The zero-order chi connectivity index (χ0) is 23.1. The van der Waals surface area contributed by atoms with Crippen LogP contribution in [-0.2, 0) is 4.74 Å². The quantitative estimate of drug-likeness (QED) is 0.474. The molecule has 3 amide bonds. The van der Waals surface area contributed by atoms with Crippen molar-refractivity contribution in [1.29, 1.82) is 0 Å². The summed E-state index contributed by atoms with van der Waals surface area (Å²) in [7, 11) is 1.59. The first-order valence-electron chi connectivity index (χ1n) is 10.6. The van der Waals surface area contributed by atoms with Crippen LogP contribution in [0.3, 0.4) is 0 Å². The average Bonchev–Trinajstić information content (AvgIpc) is 2.77. The highest BCUT2D eigenvalue weighted by molar-refractivity contribution is 6.42. The Balaban J connectivity index is 1.76. The second-order valence-electron chi connectivity index (χ2n) is 7.86. The Labute approximate surface area is 198 Å². The smallest absolute Gasteiger partial charge is 0.323 e. The number of benzene rings is 2. The summed E-state index contributed by atoms with van der Waals surface area (Å²) in [5.74, 6) is 0.473. The van der Waals surface area contributed by atoms with Crippen LogP contribution in [0.2, 0.25) is 10.0 Å². The Kier molecular flexibility index (Phi) is 8.61. The number of carbonyl (C=O) groups excluding carboxylic acids is 2. The molecule has 0 radical (unpaired) electrons. The summed E-state index contributed by atoms with van der Waals surface area (Å²) in [6, 6.07) is 9.76. The molecular formula is C23H28Cl2N4O3. The lowest BCUT2D eigenvalue weighted by molar-refractivity contribution is 0.0937. The number of rotatable bonds is 7. The van der Waals surface area contributed by atoms with E-state index in [1.54, 1.807) is 37.4 Å². The standard InChI is InChI=1S/C23H28Cl2N4O3/c1-15-7-10-29(11-8-15)21-6-4-16(13-18(21)22(30)26-9-12-32-2)27-23(31)28-17-3-5-19(24)20(25)14-17/h3-6,13-15H,7-12H2,1-2H3,(H,26,30)(H2,27,28,31). The Morgan fingerprint density at radius 3 is 2.34 bits per heavy atom. The molecule has 0 aromatic heterocycles. The highest BCUT2D eigenvalue weighted by Gasteiger charge is 2.22. The molecule has 3 rings (SSSR count). The van der Waals surface area contributed by atoms with Gasteiger partial charge in [-0.05, 0) is 55.2 Å². The van der Waals surface area contributed by atoms with E-state index in [0.29, 0.717) is 46.1 Å². The van der Waals surface area contributed by atoms with Crippen LogP contribution >= 0.6 is 23.2 Å². The van der Waals surface area contributed by atoms with Gasteiger partial charge < -0.3 is 25.6 Å². The highest BCUT2D eigenvalue weighted by atomic mass is 35.5. The minimum atomic E-state index is -0.450. The first kappa shape index (κ1) is 24.2. The van der Waals surface area contributed by atoms with E-state index in [2.05, 4.69) is 27.8 Å². The second-order valence-corrected chi connectivity index (χ2v) is 8.67. The summed E-state index contributed by atoms with van der Waals surface area (Å²) in [5.41, 5.74) is 2.40. The summed E-state index contributed by atoms with van der Waals surface area (Å²) >= 11 is 11.9. The Bertz CT molecular complexity index is 962. The van der Waals surface area contributed by atoms with E-state index in [1.807, 2.05) is 6.07 Å². The number of halogens is 2. The third kappa shape index (κ3) is 6.51. The lowest BCUT2D eigenvalue weighted by atomic mass is 9.98. The number of ether oxygens (including phenoxy) is 1. The number of nitrogens with one attached hydrogen (secondary N) is 3. The minimum absolute atomic E-state index is 0.204. The first-order valence-corrected chi connectivity index (χ1v) is 11.3. The minimum Gasteiger partial charge on any atom is -0.383 e. The monoisotopic (exact) mass is 478 g/mol. The number of piperidine rings is 1. The van der Waals surface area contributed by atoms with E-state index in [0.717, 1.165) is 31.6 Å². The third-order valence-corrected chi connectivity index (χ3v) is 6.13. The maximum Gasteiger partial charge on any atom is 0.323 e. The van der Waals surface area contributed by atoms with E-state index < -0.39 is 6.03 Å². The summed E-state index contributed by atoms with van der Waals surface area (Å²) in [4.78, 5) is 27.6.